The van der Waals surface area contributed by atoms with Gasteiger partial charge in [-0.1, -0.05) is 0 Å². The van der Waals surface area contributed by atoms with Gasteiger partial charge in [-0.2, -0.15) is 0 Å². The van der Waals surface area contributed by atoms with Crippen molar-refractivity contribution in [3.8, 4) is 0 Å². The van der Waals surface area contributed by atoms with Crippen LogP contribution in [0.5, 0.6) is 0 Å². The number of amides is 1. The number of rotatable bonds is 10. The van der Waals surface area contributed by atoms with Crippen molar-refractivity contribution in [3.63, 3.8) is 0 Å². The third-order valence-corrected chi connectivity index (χ3v) is 2.17. The second-order valence-corrected chi connectivity index (χ2v) is 4.14. The van der Waals surface area contributed by atoms with Gasteiger partial charge in [-0.3, -0.25) is 4.79 Å². The Morgan fingerprint density at radius 1 is 1.35 bits per heavy atom. The molecule has 0 aromatic rings. The topological polar surface area (TPSA) is 73.6 Å². The van der Waals surface area contributed by atoms with E-state index in [4.69, 9.17) is 15.2 Å². The standard InChI is InChI=1S/C12H26N2O3/c1-4-16-11(9-13)8-12(15)14-6-5-7-17-10(2)3/h10-11H,4-9,13H2,1-3H3,(H,14,15). The van der Waals surface area contributed by atoms with Gasteiger partial charge in [-0.15, -0.1) is 0 Å². The Balaban J connectivity index is 3.51. The third-order valence-electron chi connectivity index (χ3n) is 2.17. The first-order valence-corrected chi connectivity index (χ1v) is 6.30. The van der Waals surface area contributed by atoms with E-state index in [1.165, 1.54) is 0 Å². The van der Waals surface area contributed by atoms with Gasteiger partial charge in [0.15, 0.2) is 0 Å². The Morgan fingerprint density at radius 3 is 2.59 bits per heavy atom. The summed E-state index contributed by atoms with van der Waals surface area (Å²) in [4.78, 5) is 11.5. The van der Waals surface area contributed by atoms with Crippen molar-refractivity contribution in [3.05, 3.63) is 0 Å². The molecule has 0 saturated heterocycles. The number of hydrogen-bond donors (Lipinski definition) is 2. The van der Waals surface area contributed by atoms with Crippen molar-refractivity contribution < 1.29 is 14.3 Å². The van der Waals surface area contributed by atoms with Crippen LogP contribution in [0.1, 0.15) is 33.6 Å². The fraction of sp³-hybridized carbons (Fsp3) is 0.917. The van der Waals surface area contributed by atoms with Crippen molar-refractivity contribution >= 4 is 5.91 Å². The largest absolute Gasteiger partial charge is 0.379 e. The fourth-order valence-electron chi connectivity index (χ4n) is 1.34. The Labute approximate surface area is 104 Å². The molecule has 5 heteroatoms. The van der Waals surface area contributed by atoms with Gasteiger partial charge < -0.3 is 20.5 Å². The van der Waals surface area contributed by atoms with Crippen LogP contribution in [-0.4, -0.2) is 44.4 Å². The first-order valence-electron chi connectivity index (χ1n) is 6.30. The number of hydrogen-bond acceptors (Lipinski definition) is 4. The van der Waals surface area contributed by atoms with Gasteiger partial charge in [0.05, 0.1) is 18.6 Å². The molecule has 0 saturated carbocycles. The molecular weight excluding hydrogens is 220 g/mol. The molecule has 0 fully saturated rings. The Kier molecular flexibility index (Phi) is 10.1. The monoisotopic (exact) mass is 246 g/mol. The number of carbonyl (C=O) groups excluding carboxylic acids is 1. The van der Waals surface area contributed by atoms with E-state index < -0.39 is 0 Å². The highest BCUT2D eigenvalue weighted by Crippen LogP contribution is 1.96. The molecule has 0 heterocycles. The van der Waals surface area contributed by atoms with Crippen molar-refractivity contribution in [1.29, 1.82) is 0 Å². The second-order valence-electron chi connectivity index (χ2n) is 4.14. The maximum Gasteiger partial charge on any atom is 0.222 e. The van der Waals surface area contributed by atoms with E-state index in [1.807, 2.05) is 20.8 Å². The van der Waals surface area contributed by atoms with Gasteiger partial charge in [0.2, 0.25) is 5.91 Å². The highest BCUT2D eigenvalue weighted by molar-refractivity contribution is 5.76. The zero-order chi connectivity index (χ0) is 13.1. The maximum atomic E-state index is 11.5. The summed E-state index contributed by atoms with van der Waals surface area (Å²) in [7, 11) is 0. The van der Waals surface area contributed by atoms with E-state index in [1.54, 1.807) is 0 Å². The molecule has 0 bridgehead atoms. The fourth-order valence-corrected chi connectivity index (χ4v) is 1.34. The van der Waals surface area contributed by atoms with Crippen LogP contribution in [0.3, 0.4) is 0 Å². The molecule has 17 heavy (non-hydrogen) atoms. The molecule has 0 rings (SSSR count). The smallest absolute Gasteiger partial charge is 0.222 e. The summed E-state index contributed by atoms with van der Waals surface area (Å²) >= 11 is 0. The van der Waals surface area contributed by atoms with Gasteiger partial charge in [0, 0.05) is 26.3 Å². The second kappa shape index (κ2) is 10.5. The van der Waals surface area contributed by atoms with Crippen molar-refractivity contribution in [2.24, 2.45) is 5.73 Å². The number of nitrogens with one attached hydrogen (secondary N) is 1. The van der Waals surface area contributed by atoms with E-state index in [-0.39, 0.29) is 18.1 Å². The van der Waals surface area contributed by atoms with Crippen LogP contribution in [0.4, 0.5) is 0 Å². The van der Waals surface area contributed by atoms with E-state index in [9.17, 15) is 4.79 Å². The van der Waals surface area contributed by atoms with Crippen LogP contribution in [0.2, 0.25) is 0 Å². The Morgan fingerprint density at radius 2 is 2.06 bits per heavy atom. The van der Waals surface area contributed by atoms with Crippen molar-refractivity contribution in [2.45, 2.75) is 45.8 Å². The lowest BCUT2D eigenvalue weighted by Gasteiger charge is -2.14. The molecule has 1 unspecified atom stereocenters. The molecule has 102 valence electrons. The minimum absolute atomic E-state index is 0.0153. The predicted octanol–water partition coefficient (Wildman–Crippen LogP) is 0.672. The average molecular weight is 246 g/mol. The minimum atomic E-state index is -0.174. The molecule has 0 aliphatic rings. The molecular formula is C12H26N2O3. The molecule has 0 aromatic heterocycles. The van der Waals surface area contributed by atoms with Crippen molar-refractivity contribution in [2.75, 3.05) is 26.3 Å². The Bertz CT molecular complexity index is 198. The Hall–Kier alpha value is -0.650. The third kappa shape index (κ3) is 10.2. The SMILES string of the molecule is CCOC(CN)CC(=O)NCCCOC(C)C. The van der Waals surface area contributed by atoms with Gasteiger partial charge in [-0.25, -0.2) is 0 Å². The van der Waals surface area contributed by atoms with Crippen LogP contribution in [0, 0.1) is 0 Å². The van der Waals surface area contributed by atoms with Crippen LogP contribution in [-0.2, 0) is 14.3 Å². The lowest BCUT2D eigenvalue weighted by molar-refractivity contribution is -0.123. The molecule has 3 N–H and O–H groups in total. The zero-order valence-corrected chi connectivity index (χ0v) is 11.2. The van der Waals surface area contributed by atoms with Gasteiger partial charge in [-0.05, 0) is 27.2 Å². The average Bonchev–Trinajstić information content (AvgIpc) is 2.27. The highest BCUT2D eigenvalue weighted by atomic mass is 16.5. The van der Waals surface area contributed by atoms with Gasteiger partial charge in [0.25, 0.3) is 0 Å². The maximum absolute atomic E-state index is 11.5. The van der Waals surface area contributed by atoms with Crippen LogP contribution in [0.15, 0.2) is 0 Å². The van der Waals surface area contributed by atoms with Gasteiger partial charge in [0.1, 0.15) is 0 Å². The minimum Gasteiger partial charge on any atom is -0.379 e. The number of nitrogens with two attached hydrogens (primary N) is 1. The van der Waals surface area contributed by atoms with E-state index in [2.05, 4.69) is 5.32 Å². The summed E-state index contributed by atoms with van der Waals surface area (Å²) in [6.07, 6.45) is 1.22. The summed E-state index contributed by atoms with van der Waals surface area (Å²) in [6.45, 7) is 8.14. The molecule has 0 spiro atoms. The summed E-state index contributed by atoms with van der Waals surface area (Å²) in [5.74, 6) is -0.0153. The molecule has 1 atom stereocenters. The quantitative estimate of drug-likeness (QED) is 0.556. The van der Waals surface area contributed by atoms with Crippen LogP contribution >= 0.6 is 0 Å². The van der Waals surface area contributed by atoms with Crippen LogP contribution < -0.4 is 11.1 Å². The first kappa shape index (κ1) is 16.4. The van der Waals surface area contributed by atoms with E-state index in [0.717, 1.165) is 6.42 Å². The van der Waals surface area contributed by atoms with E-state index >= 15 is 0 Å². The first-order chi connectivity index (χ1) is 8.10. The summed E-state index contributed by atoms with van der Waals surface area (Å²) in [6, 6.07) is 0. The predicted molar refractivity (Wildman–Crippen MR) is 67.8 cm³/mol. The molecule has 1 amide bonds. The molecule has 0 aliphatic heterocycles. The van der Waals surface area contributed by atoms with Crippen molar-refractivity contribution in [1.82, 2.24) is 5.32 Å². The summed E-state index contributed by atoms with van der Waals surface area (Å²) in [5.41, 5.74) is 5.49. The molecule has 0 radical (unpaired) electrons. The van der Waals surface area contributed by atoms with Gasteiger partial charge >= 0.3 is 0 Å². The molecule has 0 aromatic carbocycles. The number of carbonyl (C=O) groups is 1. The van der Waals surface area contributed by atoms with E-state index in [0.29, 0.717) is 32.7 Å². The zero-order valence-electron chi connectivity index (χ0n) is 11.2. The lowest BCUT2D eigenvalue weighted by Crippen LogP contribution is -2.33. The summed E-state index contributed by atoms with van der Waals surface area (Å²) in [5, 5.41) is 2.83. The lowest BCUT2D eigenvalue weighted by atomic mass is 10.2. The normalized spacial score (nSPS) is 12.8. The summed E-state index contributed by atoms with van der Waals surface area (Å²) < 4.78 is 10.7. The molecule has 0 aliphatic carbocycles. The molecule has 5 nitrogen and oxygen atoms in total. The van der Waals surface area contributed by atoms with Crippen LogP contribution in [0.25, 0.3) is 0 Å². The number of ether oxygens (including phenoxy) is 2. The highest BCUT2D eigenvalue weighted by Gasteiger charge is 2.11.